The van der Waals surface area contributed by atoms with E-state index in [1.807, 2.05) is 0 Å². The third-order valence-electron chi connectivity index (χ3n) is 1.74. The molecule has 2 N–H and O–H groups in total. The van der Waals surface area contributed by atoms with Gasteiger partial charge < -0.3 is 10.5 Å². The Balaban J connectivity index is 2.31. The summed E-state index contributed by atoms with van der Waals surface area (Å²) in [6.07, 6.45) is 1.03. The number of hydrogen-bond donors (Lipinski definition) is 1. The lowest BCUT2D eigenvalue weighted by molar-refractivity contribution is 0.151. The highest BCUT2D eigenvalue weighted by Gasteiger charge is 1.99. The zero-order valence-corrected chi connectivity index (χ0v) is 9.65. The molecule has 0 aliphatic heterocycles. The molecule has 4 heteroatoms. The maximum absolute atomic E-state index is 12.9. The quantitative estimate of drug-likeness (QED) is 0.463. The van der Waals surface area contributed by atoms with Crippen molar-refractivity contribution in [2.45, 2.75) is 18.2 Å². The molecule has 0 saturated heterocycles. The second-order valence-corrected chi connectivity index (χ2v) is 4.35. The summed E-state index contributed by atoms with van der Waals surface area (Å²) < 4.78 is 18.3. The topological polar surface area (TPSA) is 35.2 Å². The predicted octanol–water partition coefficient (Wildman–Crippen LogP) is 2.93. The zero-order chi connectivity index (χ0) is 11.1. The zero-order valence-electron chi connectivity index (χ0n) is 8.83. The number of benzene rings is 1. The molecular formula is C11H16FNOS. The lowest BCUT2D eigenvalue weighted by Crippen LogP contribution is -1.98. The van der Waals surface area contributed by atoms with E-state index in [4.69, 9.17) is 10.5 Å². The molecule has 0 saturated carbocycles. The van der Waals surface area contributed by atoms with Gasteiger partial charge in [-0.15, -0.1) is 11.8 Å². The van der Waals surface area contributed by atoms with Gasteiger partial charge in [0.15, 0.2) is 0 Å². The molecule has 0 radical (unpaired) electrons. The molecule has 0 fully saturated rings. The van der Waals surface area contributed by atoms with Crippen molar-refractivity contribution in [3.8, 4) is 0 Å². The van der Waals surface area contributed by atoms with E-state index in [9.17, 15) is 4.39 Å². The van der Waals surface area contributed by atoms with Gasteiger partial charge in [0.2, 0.25) is 0 Å². The van der Waals surface area contributed by atoms with Crippen LogP contribution in [0.1, 0.15) is 13.3 Å². The van der Waals surface area contributed by atoms with E-state index in [1.54, 1.807) is 17.8 Å². The van der Waals surface area contributed by atoms with Crippen LogP contribution in [0, 0.1) is 5.82 Å². The maximum Gasteiger partial charge on any atom is 0.126 e. The van der Waals surface area contributed by atoms with Crippen LogP contribution in [0.3, 0.4) is 0 Å². The number of ether oxygens (including phenoxy) is 1. The smallest absolute Gasteiger partial charge is 0.126 e. The third kappa shape index (κ3) is 5.04. The summed E-state index contributed by atoms with van der Waals surface area (Å²) in [6.45, 7) is 3.54. The number of nitrogen functional groups attached to an aromatic ring is 1. The molecule has 0 spiro atoms. The van der Waals surface area contributed by atoms with Crippen molar-refractivity contribution in [2.24, 2.45) is 0 Å². The van der Waals surface area contributed by atoms with E-state index < -0.39 is 0 Å². The van der Waals surface area contributed by atoms with Crippen LogP contribution in [0.2, 0.25) is 0 Å². The summed E-state index contributed by atoms with van der Waals surface area (Å²) in [5.74, 6) is 0.537. The highest BCUT2D eigenvalue weighted by molar-refractivity contribution is 7.99. The van der Waals surface area contributed by atoms with Crippen LogP contribution in [0.15, 0.2) is 23.1 Å². The van der Waals surface area contributed by atoms with Crippen molar-refractivity contribution >= 4 is 17.4 Å². The molecule has 0 unspecified atom stereocenters. The van der Waals surface area contributed by atoms with Crippen molar-refractivity contribution in [2.75, 3.05) is 24.7 Å². The number of thioether (sulfide) groups is 1. The van der Waals surface area contributed by atoms with Gasteiger partial charge in [-0.1, -0.05) is 6.92 Å². The molecule has 0 atom stereocenters. The first kappa shape index (κ1) is 12.3. The van der Waals surface area contributed by atoms with Gasteiger partial charge in [0, 0.05) is 22.9 Å². The molecule has 1 aromatic rings. The summed E-state index contributed by atoms with van der Waals surface area (Å²) >= 11 is 1.55. The predicted molar refractivity (Wildman–Crippen MR) is 62.6 cm³/mol. The van der Waals surface area contributed by atoms with Gasteiger partial charge in [0.25, 0.3) is 0 Å². The van der Waals surface area contributed by atoms with Crippen LogP contribution in [0.5, 0.6) is 0 Å². The first-order chi connectivity index (χ1) is 7.22. The number of rotatable bonds is 6. The molecule has 2 nitrogen and oxygen atoms in total. The summed E-state index contributed by atoms with van der Waals surface area (Å²) in [4.78, 5) is 0.854. The van der Waals surface area contributed by atoms with E-state index >= 15 is 0 Å². The Hall–Kier alpha value is -0.740. The molecule has 0 aromatic heterocycles. The molecule has 1 rings (SSSR count). The van der Waals surface area contributed by atoms with Crippen molar-refractivity contribution in [1.29, 1.82) is 0 Å². The van der Waals surface area contributed by atoms with Crippen LogP contribution < -0.4 is 5.73 Å². The lowest BCUT2D eigenvalue weighted by Gasteiger charge is -2.04. The van der Waals surface area contributed by atoms with Crippen molar-refractivity contribution in [1.82, 2.24) is 0 Å². The Bertz CT molecular complexity index is 286. The molecule has 15 heavy (non-hydrogen) atoms. The first-order valence-electron chi connectivity index (χ1n) is 4.99. The van der Waals surface area contributed by atoms with E-state index in [2.05, 4.69) is 6.92 Å². The van der Waals surface area contributed by atoms with Crippen molar-refractivity contribution < 1.29 is 9.13 Å². The normalized spacial score (nSPS) is 10.5. The lowest BCUT2D eigenvalue weighted by atomic mass is 10.3. The van der Waals surface area contributed by atoms with Crippen molar-refractivity contribution in [3.63, 3.8) is 0 Å². The minimum absolute atomic E-state index is 0.285. The van der Waals surface area contributed by atoms with Crippen molar-refractivity contribution in [3.05, 3.63) is 24.0 Å². The first-order valence-corrected chi connectivity index (χ1v) is 5.97. The Morgan fingerprint density at radius 3 is 2.80 bits per heavy atom. The molecule has 84 valence electrons. The van der Waals surface area contributed by atoms with Crippen LogP contribution >= 0.6 is 11.8 Å². The molecular weight excluding hydrogens is 213 g/mol. The van der Waals surface area contributed by atoms with Gasteiger partial charge in [0.05, 0.1) is 6.61 Å². The van der Waals surface area contributed by atoms with E-state index in [0.717, 1.165) is 23.7 Å². The minimum Gasteiger partial charge on any atom is -0.399 e. The Kier molecular flexibility index (Phi) is 5.50. The Morgan fingerprint density at radius 1 is 1.33 bits per heavy atom. The van der Waals surface area contributed by atoms with Gasteiger partial charge in [-0.3, -0.25) is 0 Å². The number of halogens is 1. The van der Waals surface area contributed by atoms with Gasteiger partial charge in [-0.05, 0) is 24.6 Å². The summed E-state index contributed by atoms with van der Waals surface area (Å²) in [5, 5.41) is 0. The summed E-state index contributed by atoms with van der Waals surface area (Å²) in [5.41, 5.74) is 5.99. The number of hydrogen-bond acceptors (Lipinski definition) is 3. The molecule has 0 amide bonds. The van der Waals surface area contributed by atoms with E-state index in [-0.39, 0.29) is 5.82 Å². The van der Waals surface area contributed by atoms with Gasteiger partial charge in [-0.25, -0.2) is 4.39 Å². The summed E-state index contributed by atoms with van der Waals surface area (Å²) in [6, 6.07) is 4.58. The average Bonchev–Trinajstić information content (AvgIpc) is 2.16. The van der Waals surface area contributed by atoms with Gasteiger partial charge >= 0.3 is 0 Å². The van der Waals surface area contributed by atoms with Gasteiger partial charge in [-0.2, -0.15) is 0 Å². The average molecular weight is 229 g/mol. The fourth-order valence-electron chi connectivity index (χ4n) is 1.13. The molecule has 1 aromatic carbocycles. The minimum atomic E-state index is -0.285. The number of anilines is 1. The van der Waals surface area contributed by atoms with Crippen LogP contribution in [-0.4, -0.2) is 19.0 Å². The SMILES string of the molecule is CCCOCCSc1cc(N)cc(F)c1. The fraction of sp³-hybridized carbons (Fsp3) is 0.455. The maximum atomic E-state index is 12.9. The van der Waals surface area contributed by atoms with Crippen LogP contribution in [-0.2, 0) is 4.74 Å². The highest BCUT2D eigenvalue weighted by Crippen LogP contribution is 2.21. The molecule has 0 bridgehead atoms. The fourth-order valence-corrected chi connectivity index (χ4v) is 1.98. The Labute approximate surface area is 94.0 Å². The van der Waals surface area contributed by atoms with Crippen LogP contribution in [0.4, 0.5) is 10.1 Å². The molecule has 0 heterocycles. The second-order valence-electron chi connectivity index (χ2n) is 3.18. The second kappa shape index (κ2) is 6.69. The van der Waals surface area contributed by atoms with E-state index in [1.165, 1.54) is 12.1 Å². The Morgan fingerprint density at radius 2 is 2.13 bits per heavy atom. The molecule has 0 aliphatic carbocycles. The standard InChI is InChI=1S/C11H16FNOS/c1-2-3-14-4-5-15-11-7-9(12)6-10(13)8-11/h6-8H,2-5,13H2,1H3. The number of nitrogens with two attached hydrogens (primary N) is 1. The largest absolute Gasteiger partial charge is 0.399 e. The van der Waals surface area contributed by atoms with E-state index in [0.29, 0.717) is 12.3 Å². The van der Waals surface area contributed by atoms with Gasteiger partial charge in [0.1, 0.15) is 5.82 Å². The third-order valence-corrected chi connectivity index (χ3v) is 2.68. The summed E-state index contributed by atoms with van der Waals surface area (Å²) in [7, 11) is 0. The monoisotopic (exact) mass is 229 g/mol. The molecule has 0 aliphatic rings. The van der Waals surface area contributed by atoms with Crippen LogP contribution in [0.25, 0.3) is 0 Å². The highest BCUT2D eigenvalue weighted by atomic mass is 32.2.